The fraction of sp³-hybridized carbons (Fsp3) is 0.488. The van der Waals surface area contributed by atoms with Gasteiger partial charge in [0.15, 0.2) is 5.82 Å². The van der Waals surface area contributed by atoms with Gasteiger partial charge in [0.2, 0.25) is 6.29 Å². The van der Waals surface area contributed by atoms with Crippen LogP contribution < -0.4 is 15.4 Å². The first-order valence-corrected chi connectivity index (χ1v) is 19.3. The van der Waals surface area contributed by atoms with Crippen LogP contribution in [-0.2, 0) is 14.3 Å². The quantitative estimate of drug-likeness (QED) is 0.126. The maximum absolute atomic E-state index is 17.1. The Balaban J connectivity index is 1.15. The summed E-state index contributed by atoms with van der Waals surface area (Å²) < 4.78 is 63.8. The zero-order valence-electron chi connectivity index (χ0n) is 31.9. The SMILES string of the molecule is C#Cc1c(F)ccc2cc(O)cc(-c3ncc4c(N5CC6CCC(C5)N6C(=O)OC(C)OC(=O)[C@@H](N)C(C)C)nc(OC[C@@]56CCCN5C[C@H](F)C6)nc4c3F)c12. The molecule has 3 unspecified atom stereocenters. The Hall–Kier alpha value is -5.40. The van der Waals surface area contributed by atoms with Crippen molar-refractivity contribution in [1.82, 2.24) is 24.8 Å². The van der Waals surface area contributed by atoms with Crippen LogP contribution in [0.15, 0.2) is 30.5 Å². The van der Waals surface area contributed by atoms with E-state index < -0.39 is 47.7 Å². The second-order valence-electron chi connectivity index (χ2n) is 15.9. The lowest BCUT2D eigenvalue weighted by Crippen LogP contribution is -2.56. The van der Waals surface area contributed by atoms with E-state index in [2.05, 4.69) is 20.8 Å². The monoisotopic (exact) mass is 787 g/mol. The number of terminal acetylenes is 1. The topological polar surface area (TPSA) is 156 Å². The average molecular weight is 788 g/mol. The minimum atomic E-state index is -1.17. The highest BCUT2D eigenvalue weighted by molar-refractivity contribution is 6.03. The molecule has 57 heavy (non-hydrogen) atoms. The Bertz CT molecular complexity index is 2290. The molecule has 0 saturated carbocycles. The number of carbonyl (C=O) groups is 2. The molecular formula is C41H44F3N7O6. The Morgan fingerprint density at radius 1 is 1.11 bits per heavy atom. The molecule has 2 bridgehead atoms. The number of ether oxygens (including phenoxy) is 3. The summed E-state index contributed by atoms with van der Waals surface area (Å²) in [5, 5.41) is 11.5. The number of hydrogen-bond donors (Lipinski definition) is 2. The van der Waals surface area contributed by atoms with Crippen molar-refractivity contribution in [3.63, 3.8) is 0 Å². The first-order valence-electron chi connectivity index (χ1n) is 19.3. The van der Waals surface area contributed by atoms with Crippen molar-refractivity contribution in [2.45, 2.75) is 89.0 Å². The lowest BCUT2D eigenvalue weighted by atomic mass is 9.95. The maximum atomic E-state index is 17.1. The van der Waals surface area contributed by atoms with Crippen LogP contribution in [0.1, 0.15) is 58.4 Å². The number of alkyl halides is 1. The predicted octanol–water partition coefficient (Wildman–Crippen LogP) is 5.43. The second-order valence-corrected chi connectivity index (χ2v) is 15.9. The van der Waals surface area contributed by atoms with E-state index in [1.807, 2.05) is 4.90 Å². The minimum Gasteiger partial charge on any atom is -0.508 e. The molecule has 300 valence electrons. The van der Waals surface area contributed by atoms with E-state index >= 15 is 4.39 Å². The molecule has 16 heteroatoms. The van der Waals surface area contributed by atoms with Crippen LogP contribution in [0, 0.1) is 29.9 Å². The fourth-order valence-corrected chi connectivity index (χ4v) is 9.03. The third kappa shape index (κ3) is 6.90. The van der Waals surface area contributed by atoms with Crippen LogP contribution in [0.5, 0.6) is 11.8 Å². The molecule has 2 aromatic heterocycles. The van der Waals surface area contributed by atoms with Crippen molar-refractivity contribution in [2.24, 2.45) is 11.7 Å². The van der Waals surface area contributed by atoms with E-state index in [9.17, 15) is 23.5 Å². The molecule has 8 rings (SSSR count). The molecule has 13 nitrogen and oxygen atoms in total. The molecule has 4 aromatic rings. The van der Waals surface area contributed by atoms with E-state index in [0.717, 1.165) is 19.4 Å². The second kappa shape index (κ2) is 14.8. The number of nitrogens with two attached hydrogens (primary N) is 1. The number of aromatic hydroxyl groups is 1. The molecule has 4 aliphatic heterocycles. The number of halogens is 3. The number of pyridine rings is 1. The zero-order chi connectivity index (χ0) is 40.3. The first-order chi connectivity index (χ1) is 27.3. The molecule has 0 spiro atoms. The number of rotatable bonds is 9. The zero-order valence-corrected chi connectivity index (χ0v) is 31.9. The highest BCUT2D eigenvalue weighted by atomic mass is 19.1. The molecule has 3 N–H and O–H groups in total. The summed E-state index contributed by atoms with van der Waals surface area (Å²) in [6, 6.07) is 3.65. The van der Waals surface area contributed by atoms with Crippen LogP contribution in [0.25, 0.3) is 32.9 Å². The molecule has 6 heterocycles. The summed E-state index contributed by atoms with van der Waals surface area (Å²) in [6.45, 7) is 6.76. The summed E-state index contributed by atoms with van der Waals surface area (Å²) in [5.74, 6) is 0.0529. The number of piperazine rings is 1. The van der Waals surface area contributed by atoms with Gasteiger partial charge in [-0.2, -0.15) is 9.97 Å². The summed E-state index contributed by atoms with van der Waals surface area (Å²) >= 11 is 0. The molecule has 6 atom stereocenters. The Labute approximate surface area is 327 Å². The van der Waals surface area contributed by atoms with Gasteiger partial charge in [0.1, 0.15) is 47.4 Å². The third-order valence-electron chi connectivity index (χ3n) is 11.9. The first kappa shape index (κ1) is 38.5. The highest BCUT2D eigenvalue weighted by Gasteiger charge is 2.50. The lowest BCUT2D eigenvalue weighted by Gasteiger charge is -2.41. The Kier molecular flexibility index (Phi) is 10.0. The largest absolute Gasteiger partial charge is 0.508 e. The fourth-order valence-electron chi connectivity index (χ4n) is 9.03. The number of anilines is 1. The molecule has 2 aromatic carbocycles. The summed E-state index contributed by atoms with van der Waals surface area (Å²) in [7, 11) is 0. The van der Waals surface area contributed by atoms with Gasteiger partial charge in [0.25, 0.3) is 0 Å². The number of benzene rings is 2. The summed E-state index contributed by atoms with van der Waals surface area (Å²) in [6.07, 6.45) is 7.55. The van der Waals surface area contributed by atoms with Crippen molar-refractivity contribution in [1.29, 1.82) is 0 Å². The van der Waals surface area contributed by atoms with E-state index in [1.54, 1.807) is 18.7 Å². The van der Waals surface area contributed by atoms with E-state index in [0.29, 0.717) is 37.0 Å². The Morgan fingerprint density at radius 2 is 1.86 bits per heavy atom. The number of esters is 1. The highest BCUT2D eigenvalue weighted by Crippen LogP contribution is 2.43. The van der Waals surface area contributed by atoms with Crippen LogP contribution in [0.4, 0.5) is 23.8 Å². The van der Waals surface area contributed by atoms with Crippen molar-refractivity contribution in [2.75, 3.05) is 37.7 Å². The molecule has 4 aliphatic rings. The molecule has 0 radical (unpaired) electrons. The van der Waals surface area contributed by atoms with Crippen molar-refractivity contribution < 1.29 is 42.1 Å². The van der Waals surface area contributed by atoms with Gasteiger partial charge in [0.05, 0.1) is 28.6 Å². The number of hydrogen-bond acceptors (Lipinski definition) is 12. The number of amides is 1. The van der Waals surface area contributed by atoms with Gasteiger partial charge in [-0.05, 0) is 61.7 Å². The predicted molar refractivity (Wildman–Crippen MR) is 204 cm³/mol. The third-order valence-corrected chi connectivity index (χ3v) is 11.9. The van der Waals surface area contributed by atoms with Crippen LogP contribution >= 0.6 is 0 Å². The summed E-state index contributed by atoms with van der Waals surface area (Å²) in [5.41, 5.74) is 4.95. The van der Waals surface area contributed by atoms with Gasteiger partial charge in [-0.25, -0.2) is 18.0 Å². The van der Waals surface area contributed by atoms with Gasteiger partial charge in [0, 0.05) is 50.1 Å². The smallest absolute Gasteiger partial charge is 0.413 e. The van der Waals surface area contributed by atoms with Gasteiger partial charge in [-0.15, -0.1) is 6.42 Å². The molecular weight excluding hydrogens is 743 g/mol. The number of carbonyl (C=O) groups excluding carboxylic acids is 2. The van der Waals surface area contributed by atoms with Gasteiger partial charge >= 0.3 is 18.1 Å². The maximum Gasteiger partial charge on any atom is 0.413 e. The normalized spacial score (nSPS) is 24.2. The van der Waals surface area contributed by atoms with Gasteiger partial charge in [-0.1, -0.05) is 25.8 Å². The van der Waals surface area contributed by atoms with E-state index in [-0.39, 0.29) is 82.6 Å². The molecule has 0 aliphatic carbocycles. The minimum absolute atomic E-state index is 0.0659. The number of nitrogens with zero attached hydrogens (tertiary/aromatic N) is 6. The molecule has 1 amide bonds. The Morgan fingerprint density at radius 3 is 2.58 bits per heavy atom. The van der Waals surface area contributed by atoms with E-state index in [1.165, 1.54) is 37.4 Å². The number of aromatic nitrogens is 3. The number of phenols is 1. The van der Waals surface area contributed by atoms with Crippen molar-refractivity contribution >= 4 is 39.6 Å². The molecule has 4 saturated heterocycles. The summed E-state index contributed by atoms with van der Waals surface area (Å²) in [4.78, 5) is 45.3. The molecule has 4 fully saturated rings. The van der Waals surface area contributed by atoms with E-state index in [4.69, 9.17) is 31.4 Å². The number of fused-ring (bicyclic) bond motifs is 5. The standard InChI is InChI=1S/C41H44F3N7O6/c1-5-28-31(43)10-7-23-13-27(52)14-29(32(23)28)35-33(44)36-30(16-46-35)37(48-39(47-36)55-20-41-11-6-12-50(41)17-24(42)15-41)49-18-25-8-9-26(19-49)51(25)40(54)57-22(4)56-38(53)34(45)21(2)3/h1,7,10,13-14,16,21-22,24-26,34,52H,6,8-9,11-12,15,17-20,45H2,2-4H3/t22?,24-,25?,26?,34+,41+/m1/s1. The average Bonchev–Trinajstić information content (AvgIpc) is 3.79. The van der Waals surface area contributed by atoms with Gasteiger partial charge < -0.3 is 30.0 Å². The van der Waals surface area contributed by atoms with Crippen LogP contribution in [0.3, 0.4) is 0 Å². The lowest BCUT2D eigenvalue weighted by molar-refractivity contribution is -0.169. The van der Waals surface area contributed by atoms with Crippen LogP contribution in [-0.4, -0.2) is 111 Å². The van der Waals surface area contributed by atoms with Gasteiger partial charge in [-0.3, -0.25) is 19.6 Å². The van der Waals surface area contributed by atoms with Crippen molar-refractivity contribution in [3.8, 4) is 35.4 Å². The number of phenolic OH excluding ortho intramolecular Hbond substituents is 1. The van der Waals surface area contributed by atoms with Crippen molar-refractivity contribution in [3.05, 3.63) is 47.7 Å². The van der Waals surface area contributed by atoms with Crippen LogP contribution in [0.2, 0.25) is 0 Å².